The van der Waals surface area contributed by atoms with Crippen LogP contribution >= 0.6 is 11.6 Å². The van der Waals surface area contributed by atoms with E-state index < -0.39 is 29.9 Å². The van der Waals surface area contributed by atoms with Crippen LogP contribution < -0.4 is 10.6 Å². The molecule has 0 unspecified atom stereocenters. The lowest BCUT2D eigenvalue weighted by atomic mass is 10.0. The minimum absolute atomic E-state index is 0.0109. The zero-order chi connectivity index (χ0) is 37.3. The van der Waals surface area contributed by atoms with E-state index in [-0.39, 0.29) is 63.6 Å². The van der Waals surface area contributed by atoms with Crippen LogP contribution in [0.15, 0.2) is 79.0 Å². The standard InChI is InChI=1S/C39H36ClN7O6/c40-29-11-14-34(49)32(23-29)35-28(24-46(44-35)18-4-17-41)10-7-26-8-12-30(13-9-26)42-37(50)33-25-53-22-21-47(33)38(51)36(27-5-2-1-3-6-27)43-39(52)45-19-15-31(48)16-20-45/h1-3,5-6,8-9,11-14,23-24,33,36,49H,4,15-16,18-22,25H2,(H,42,50)(H,43,52)/t33-,36+/m0/s1. The summed E-state index contributed by atoms with van der Waals surface area (Å²) in [5.74, 6) is 5.36. The van der Waals surface area contributed by atoms with Crippen molar-refractivity contribution in [2.24, 2.45) is 0 Å². The summed E-state index contributed by atoms with van der Waals surface area (Å²) in [6.07, 6.45) is 2.48. The lowest BCUT2D eigenvalue weighted by molar-refractivity contribution is -0.148. The van der Waals surface area contributed by atoms with Gasteiger partial charge in [-0.25, -0.2) is 4.79 Å². The van der Waals surface area contributed by atoms with E-state index in [1.54, 1.807) is 71.5 Å². The summed E-state index contributed by atoms with van der Waals surface area (Å²) in [7, 11) is 0. The number of likely N-dealkylation sites (tertiary alicyclic amines) is 1. The van der Waals surface area contributed by atoms with Crippen molar-refractivity contribution in [2.75, 3.05) is 38.2 Å². The second kappa shape index (κ2) is 16.9. The van der Waals surface area contributed by atoms with E-state index in [0.717, 1.165) is 0 Å². The molecule has 6 rings (SSSR count). The van der Waals surface area contributed by atoms with Gasteiger partial charge in [-0.1, -0.05) is 53.8 Å². The topological polar surface area (TPSA) is 170 Å². The van der Waals surface area contributed by atoms with Gasteiger partial charge < -0.3 is 30.3 Å². The van der Waals surface area contributed by atoms with Crippen LogP contribution in [0.2, 0.25) is 5.02 Å². The molecule has 4 aromatic rings. The molecule has 2 atom stereocenters. The number of urea groups is 1. The van der Waals surface area contributed by atoms with Crippen molar-refractivity contribution in [3.8, 4) is 34.9 Å². The van der Waals surface area contributed by atoms with Crippen molar-refractivity contribution >= 4 is 40.9 Å². The van der Waals surface area contributed by atoms with Gasteiger partial charge in [0.05, 0.1) is 37.8 Å². The number of benzene rings is 3. The molecule has 2 saturated heterocycles. The molecule has 2 fully saturated rings. The number of nitrogens with zero attached hydrogens (tertiary/aromatic N) is 5. The summed E-state index contributed by atoms with van der Waals surface area (Å²) in [6, 6.07) is 19.9. The highest BCUT2D eigenvalue weighted by atomic mass is 35.5. The van der Waals surface area contributed by atoms with Gasteiger partial charge in [0.25, 0.3) is 5.91 Å². The van der Waals surface area contributed by atoms with E-state index >= 15 is 0 Å². The van der Waals surface area contributed by atoms with Crippen LogP contribution in [-0.2, 0) is 25.7 Å². The molecule has 14 heteroatoms. The summed E-state index contributed by atoms with van der Waals surface area (Å²) >= 11 is 6.19. The Hall–Kier alpha value is -6.15. The van der Waals surface area contributed by atoms with E-state index in [0.29, 0.717) is 45.2 Å². The highest BCUT2D eigenvalue weighted by Gasteiger charge is 2.38. The number of carbonyl (C=O) groups is 4. The number of amides is 4. The third-order valence-corrected chi connectivity index (χ3v) is 9.13. The Labute approximate surface area is 311 Å². The molecule has 0 bridgehead atoms. The zero-order valence-electron chi connectivity index (χ0n) is 28.6. The molecule has 2 aliphatic heterocycles. The number of morpholine rings is 1. The lowest BCUT2D eigenvalue weighted by Gasteiger charge is -2.37. The van der Waals surface area contributed by atoms with Gasteiger partial charge in [0, 0.05) is 60.5 Å². The van der Waals surface area contributed by atoms with Crippen LogP contribution in [0.1, 0.15) is 42.0 Å². The number of carbonyl (C=O) groups excluding carboxylic acids is 4. The number of ketones is 1. The fraction of sp³-hybridized carbons (Fsp3) is 0.282. The molecule has 0 radical (unpaired) electrons. The van der Waals surface area contributed by atoms with Gasteiger partial charge in [0.15, 0.2) is 0 Å². The quantitative estimate of drug-likeness (QED) is 0.222. The second-order valence-electron chi connectivity index (χ2n) is 12.5. The van der Waals surface area contributed by atoms with Crippen LogP contribution in [0, 0.1) is 23.2 Å². The maximum absolute atomic E-state index is 14.1. The maximum Gasteiger partial charge on any atom is 0.318 e. The van der Waals surface area contributed by atoms with Crippen molar-refractivity contribution in [3.63, 3.8) is 0 Å². The highest BCUT2D eigenvalue weighted by Crippen LogP contribution is 2.33. The number of Topliss-reactive ketones (excluding diaryl/α,β-unsaturated/α-hetero) is 1. The highest BCUT2D eigenvalue weighted by molar-refractivity contribution is 6.31. The van der Waals surface area contributed by atoms with E-state index in [9.17, 15) is 24.3 Å². The molecule has 0 saturated carbocycles. The average molecular weight is 734 g/mol. The molecule has 4 amide bonds. The molecule has 2 aliphatic rings. The first-order valence-corrected chi connectivity index (χ1v) is 17.4. The van der Waals surface area contributed by atoms with Crippen molar-refractivity contribution in [2.45, 2.75) is 37.9 Å². The number of nitrogens with one attached hydrogen (secondary N) is 2. The average Bonchev–Trinajstić information content (AvgIpc) is 3.59. The number of nitriles is 1. The van der Waals surface area contributed by atoms with Gasteiger partial charge >= 0.3 is 6.03 Å². The summed E-state index contributed by atoms with van der Waals surface area (Å²) in [5.41, 5.74) is 3.02. The van der Waals surface area contributed by atoms with E-state index in [4.69, 9.17) is 21.6 Å². The molecule has 3 N–H and O–H groups in total. The summed E-state index contributed by atoms with van der Waals surface area (Å²) < 4.78 is 7.21. The Morgan fingerprint density at radius 3 is 2.51 bits per heavy atom. The molecule has 0 aliphatic carbocycles. The van der Waals surface area contributed by atoms with Gasteiger partial charge in [0.2, 0.25) is 5.91 Å². The number of anilines is 1. The number of rotatable bonds is 8. The third kappa shape index (κ3) is 9.02. The molecule has 0 spiro atoms. The van der Waals surface area contributed by atoms with Crippen molar-refractivity contribution in [1.82, 2.24) is 24.9 Å². The van der Waals surface area contributed by atoms with Crippen LogP contribution in [0.25, 0.3) is 11.3 Å². The molecular formula is C39H36ClN7O6. The van der Waals surface area contributed by atoms with Crippen molar-refractivity contribution < 1.29 is 29.0 Å². The number of piperidine rings is 1. The summed E-state index contributed by atoms with van der Waals surface area (Å²) in [6.45, 7) is 1.23. The summed E-state index contributed by atoms with van der Waals surface area (Å²) in [5, 5.41) is 30.2. The number of hydrogen-bond acceptors (Lipinski definition) is 8. The fourth-order valence-electron chi connectivity index (χ4n) is 6.05. The number of hydrogen-bond donors (Lipinski definition) is 3. The zero-order valence-corrected chi connectivity index (χ0v) is 29.4. The Balaban J connectivity index is 1.16. The van der Waals surface area contributed by atoms with E-state index in [2.05, 4.69) is 33.6 Å². The van der Waals surface area contributed by atoms with Gasteiger partial charge in [-0.3, -0.25) is 19.1 Å². The predicted molar refractivity (Wildman–Crippen MR) is 195 cm³/mol. The Morgan fingerprint density at radius 2 is 1.77 bits per heavy atom. The number of aryl methyl sites for hydroxylation is 1. The first-order valence-electron chi connectivity index (χ1n) is 17.1. The second-order valence-corrected chi connectivity index (χ2v) is 12.9. The molecule has 13 nitrogen and oxygen atoms in total. The first kappa shape index (κ1) is 36.6. The predicted octanol–water partition coefficient (Wildman–Crippen LogP) is 4.50. The number of aromatic nitrogens is 2. The van der Waals surface area contributed by atoms with Crippen molar-refractivity contribution in [1.29, 1.82) is 5.26 Å². The number of phenolic OH excluding ortho intramolecular Hbond substituents is 1. The Kier molecular flexibility index (Phi) is 11.7. The summed E-state index contributed by atoms with van der Waals surface area (Å²) in [4.78, 5) is 55.7. The Morgan fingerprint density at radius 1 is 1.02 bits per heavy atom. The smallest absolute Gasteiger partial charge is 0.318 e. The Bertz CT molecular complexity index is 2090. The largest absolute Gasteiger partial charge is 0.507 e. The first-order chi connectivity index (χ1) is 25.7. The van der Waals surface area contributed by atoms with E-state index in [1.165, 1.54) is 15.9 Å². The fourth-order valence-corrected chi connectivity index (χ4v) is 6.22. The number of phenols is 1. The number of ether oxygens (including phenoxy) is 1. The molecule has 53 heavy (non-hydrogen) atoms. The normalized spacial score (nSPS) is 16.2. The van der Waals surface area contributed by atoms with Gasteiger partial charge in [-0.05, 0) is 48.0 Å². The third-order valence-electron chi connectivity index (χ3n) is 8.89. The van der Waals surface area contributed by atoms with Gasteiger partial charge in [0.1, 0.15) is 29.3 Å². The van der Waals surface area contributed by atoms with Crippen LogP contribution in [0.5, 0.6) is 5.75 Å². The minimum Gasteiger partial charge on any atom is -0.507 e. The van der Waals surface area contributed by atoms with Gasteiger partial charge in [-0.15, -0.1) is 0 Å². The maximum atomic E-state index is 14.1. The molecule has 3 heterocycles. The van der Waals surface area contributed by atoms with Gasteiger partial charge in [-0.2, -0.15) is 10.4 Å². The molecule has 270 valence electrons. The molecule has 1 aromatic heterocycles. The number of aromatic hydroxyl groups is 1. The SMILES string of the molecule is N#CCCn1cc(C#Cc2ccc(NC(=O)[C@@H]3COCCN3C(=O)[C@H](NC(=O)N3CCC(=O)CC3)c3ccccc3)cc2)c(-c2cc(Cl)ccc2O)n1. The lowest BCUT2D eigenvalue weighted by Crippen LogP contribution is -2.57. The van der Waals surface area contributed by atoms with Crippen LogP contribution in [0.3, 0.4) is 0 Å². The molecule has 3 aromatic carbocycles. The van der Waals surface area contributed by atoms with Crippen LogP contribution in [0.4, 0.5) is 10.5 Å². The van der Waals surface area contributed by atoms with Crippen LogP contribution in [-0.4, -0.2) is 87.2 Å². The molecular weight excluding hydrogens is 698 g/mol. The number of halogens is 1. The van der Waals surface area contributed by atoms with Crippen molar-refractivity contribution in [3.05, 3.63) is 101 Å². The minimum atomic E-state index is -1.06. The van der Waals surface area contributed by atoms with E-state index in [1.807, 2.05) is 6.07 Å². The monoisotopic (exact) mass is 733 g/mol.